The van der Waals surface area contributed by atoms with Crippen LogP contribution in [0.3, 0.4) is 0 Å². The predicted octanol–water partition coefficient (Wildman–Crippen LogP) is -2.98. The highest BCUT2D eigenvalue weighted by atomic mass is 16.4. The zero-order chi connectivity index (χ0) is 14.3. The third kappa shape index (κ3) is 6.43. The lowest BCUT2D eigenvalue weighted by atomic mass is 10.1. The van der Waals surface area contributed by atoms with E-state index in [0.29, 0.717) is 0 Å². The molecule has 0 aromatic carbocycles. The Kier molecular flexibility index (Phi) is 6.35. The molecule has 0 aliphatic rings. The first-order valence-electron chi connectivity index (χ1n) is 5.09. The van der Waals surface area contributed by atoms with Gasteiger partial charge in [-0.25, -0.2) is 0 Å². The fourth-order valence-corrected chi connectivity index (χ4v) is 1.11. The summed E-state index contributed by atoms with van der Waals surface area (Å²) in [6, 6.07) is -2.35. The molecule has 0 heterocycles. The summed E-state index contributed by atoms with van der Waals surface area (Å²) in [5.41, 5.74) is 15.2. The summed E-state index contributed by atoms with van der Waals surface area (Å²) in [5, 5.41) is 10.5. The smallest absolute Gasteiger partial charge is 0.303 e. The minimum atomic E-state index is -1.24. The molecule has 102 valence electrons. The van der Waals surface area contributed by atoms with Crippen LogP contribution < -0.4 is 22.5 Å². The Hall–Kier alpha value is -2.16. The summed E-state index contributed by atoms with van der Waals surface area (Å²) in [6.07, 6.45) is -0.818. The number of nitrogens with one attached hydrogen (secondary N) is 1. The van der Waals surface area contributed by atoms with Gasteiger partial charge in [0.25, 0.3) is 0 Å². The molecule has 0 radical (unpaired) electrons. The fraction of sp³-hybridized carbons (Fsp3) is 0.556. The molecule has 18 heavy (non-hydrogen) atoms. The van der Waals surface area contributed by atoms with Gasteiger partial charge in [0.15, 0.2) is 0 Å². The number of primary amides is 2. The Morgan fingerprint density at radius 2 is 1.72 bits per heavy atom. The molecule has 2 atom stereocenters. The number of hydrogen-bond donors (Lipinski definition) is 5. The van der Waals surface area contributed by atoms with Crippen molar-refractivity contribution in [3.05, 3.63) is 0 Å². The van der Waals surface area contributed by atoms with Gasteiger partial charge in [0.2, 0.25) is 17.7 Å². The van der Waals surface area contributed by atoms with Crippen LogP contribution >= 0.6 is 0 Å². The minimum Gasteiger partial charge on any atom is -0.481 e. The number of carboxylic acids is 1. The third-order valence-corrected chi connectivity index (χ3v) is 2.07. The van der Waals surface area contributed by atoms with Crippen LogP contribution in [0.2, 0.25) is 0 Å². The first kappa shape index (κ1) is 15.8. The van der Waals surface area contributed by atoms with Crippen LogP contribution in [0.4, 0.5) is 0 Å². The molecule has 9 heteroatoms. The lowest BCUT2D eigenvalue weighted by molar-refractivity contribution is -0.137. The van der Waals surface area contributed by atoms with Crippen LogP contribution in [0.15, 0.2) is 0 Å². The number of carbonyl (C=O) groups excluding carboxylic acids is 3. The molecule has 0 aliphatic carbocycles. The normalized spacial score (nSPS) is 13.4. The average molecular weight is 260 g/mol. The molecule has 3 amide bonds. The highest BCUT2D eigenvalue weighted by Crippen LogP contribution is 1.97. The largest absolute Gasteiger partial charge is 0.481 e. The number of rotatable bonds is 8. The first-order chi connectivity index (χ1) is 8.23. The summed E-state index contributed by atoms with van der Waals surface area (Å²) in [6.45, 7) is 0. The van der Waals surface area contributed by atoms with Gasteiger partial charge in [0.1, 0.15) is 6.04 Å². The van der Waals surface area contributed by atoms with E-state index >= 15 is 0 Å². The number of nitrogens with two attached hydrogens (primary N) is 3. The second kappa shape index (κ2) is 7.22. The second-order valence-corrected chi connectivity index (χ2v) is 3.67. The lowest BCUT2D eigenvalue weighted by Gasteiger charge is -2.16. The Balaban J connectivity index is 4.36. The molecule has 8 N–H and O–H groups in total. The van der Waals surface area contributed by atoms with Crippen LogP contribution in [-0.4, -0.2) is 40.9 Å². The van der Waals surface area contributed by atoms with Crippen molar-refractivity contribution in [1.82, 2.24) is 5.32 Å². The number of aliphatic carboxylic acids is 1. The summed E-state index contributed by atoms with van der Waals surface area (Å²) in [4.78, 5) is 43.3. The third-order valence-electron chi connectivity index (χ3n) is 2.07. The summed E-state index contributed by atoms with van der Waals surface area (Å²) < 4.78 is 0. The standard InChI is InChI=1S/C9H16N4O5/c10-4(1-2-7(15)16)9(18)13-5(8(12)17)3-6(11)14/h4-5H,1-3,10H2,(H2,11,14)(H2,12,17)(H,13,18)(H,15,16)/t4-,5+/m0/s1. The van der Waals surface area contributed by atoms with Crippen molar-refractivity contribution >= 4 is 23.7 Å². The maximum atomic E-state index is 11.5. The highest BCUT2D eigenvalue weighted by Gasteiger charge is 2.23. The van der Waals surface area contributed by atoms with Gasteiger partial charge in [0.05, 0.1) is 12.5 Å². The topological polar surface area (TPSA) is 179 Å². The molecule has 0 rings (SSSR count). The van der Waals surface area contributed by atoms with Crippen LogP contribution in [0.5, 0.6) is 0 Å². The Morgan fingerprint density at radius 1 is 1.17 bits per heavy atom. The van der Waals surface area contributed by atoms with E-state index in [1.54, 1.807) is 0 Å². The number of carboxylic acid groups (broad SMARTS) is 1. The minimum absolute atomic E-state index is 0.0940. The Bertz CT molecular complexity index is 357. The second-order valence-electron chi connectivity index (χ2n) is 3.67. The van der Waals surface area contributed by atoms with Gasteiger partial charge in [-0.15, -0.1) is 0 Å². The molecule has 0 bridgehead atoms. The molecular formula is C9H16N4O5. The molecule has 0 unspecified atom stereocenters. The lowest BCUT2D eigenvalue weighted by Crippen LogP contribution is -2.51. The molecule has 0 aliphatic heterocycles. The highest BCUT2D eigenvalue weighted by molar-refractivity contribution is 5.92. The molecule has 0 fully saturated rings. The van der Waals surface area contributed by atoms with Crippen molar-refractivity contribution in [1.29, 1.82) is 0 Å². The van der Waals surface area contributed by atoms with Crippen molar-refractivity contribution in [2.75, 3.05) is 0 Å². The summed E-state index contributed by atoms with van der Waals surface area (Å²) in [7, 11) is 0. The summed E-state index contributed by atoms with van der Waals surface area (Å²) >= 11 is 0. The molecule has 0 aromatic rings. The van der Waals surface area contributed by atoms with Crippen LogP contribution in [0, 0.1) is 0 Å². The number of carbonyl (C=O) groups is 4. The van der Waals surface area contributed by atoms with Crippen LogP contribution in [0.25, 0.3) is 0 Å². The van der Waals surface area contributed by atoms with E-state index in [-0.39, 0.29) is 12.8 Å². The van der Waals surface area contributed by atoms with E-state index in [1.165, 1.54) is 0 Å². The number of hydrogen-bond acceptors (Lipinski definition) is 5. The van der Waals surface area contributed by atoms with E-state index < -0.39 is 42.2 Å². The van der Waals surface area contributed by atoms with Crippen molar-refractivity contribution in [2.45, 2.75) is 31.3 Å². The maximum absolute atomic E-state index is 11.5. The monoisotopic (exact) mass is 260 g/mol. The van der Waals surface area contributed by atoms with E-state index in [4.69, 9.17) is 22.3 Å². The molecule has 0 aromatic heterocycles. The van der Waals surface area contributed by atoms with Gasteiger partial charge >= 0.3 is 5.97 Å². The van der Waals surface area contributed by atoms with Crippen LogP contribution in [-0.2, 0) is 19.2 Å². The van der Waals surface area contributed by atoms with Crippen molar-refractivity contribution in [3.63, 3.8) is 0 Å². The Morgan fingerprint density at radius 3 is 2.11 bits per heavy atom. The van der Waals surface area contributed by atoms with Crippen molar-refractivity contribution < 1.29 is 24.3 Å². The molecule has 9 nitrogen and oxygen atoms in total. The average Bonchev–Trinajstić information content (AvgIpc) is 2.23. The zero-order valence-electron chi connectivity index (χ0n) is 9.59. The van der Waals surface area contributed by atoms with Gasteiger partial charge < -0.3 is 27.6 Å². The predicted molar refractivity (Wildman–Crippen MR) is 59.8 cm³/mol. The van der Waals surface area contributed by atoms with E-state index in [2.05, 4.69) is 5.32 Å². The van der Waals surface area contributed by atoms with Gasteiger partial charge in [-0.1, -0.05) is 0 Å². The van der Waals surface area contributed by atoms with Gasteiger partial charge in [-0.2, -0.15) is 0 Å². The number of amides is 3. The van der Waals surface area contributed by atoms with E-state index in [1.807, 2.05) is 0 Å². The molecule has 0 saturated heterocycles. The maximum Gasteiger partial charge on any atom is 0.303 e. The summed E-state index contributed by atoms with van der Waals surface area (Å²) in [5.74, 6) is -3.59. The van der Waals surface area contributed by atoms with Gasteiger partial charge in [-0.3, -0.25) is 19.2 Å². The van der Waals surface area contributed by atoms with Gasteiger partial charge in [0, 0.05) is 6.42 Å². The van der Waals surface area contributed by atoms with Gasteiger partial charge in [-0.05, 0) is 6.42 Å². The molecule has 0 saturated carbocycles. The Labute approximate surface area is 103 Å². The van der Waals surface area contributed by atoms with Crippen molar-refractivity contribution in [3.8, 4) is 0 Å². The van der Waals surface area contributed by atoms with Crippen molar-refractivity contribution in [2.24, 2.45) is 17.2 Å². The molecule has 0 spiro atoms. The molecular weight excluding hydrogens is 244 g/mol. The zero-order valence-corrected chi connectivity index (χ0v) is 9.59. The SMILES string of the molecule is NC(=O)C[C@@H](NC(=O)[C@@H](N)CCC(=O)O)C(N)=O. The van der Waals surface area contributed by atoms with Crippen LogP contribution in [0.1, 0.15) is 19.3 Å². The fourth-order valence-electron chi connectivity index (χ4n) is 1.11. The van der Waals surface area contributed by atoms with E-state index in [9.17, 15) is 19.2 Å². The van der Waals surface area contributed by atoms with E-state index in [0.717, 1.165) is 0 Å². The first-order valence-corrected chi connectivity index (χ1v) is 5.09. The quantitative estimate of drug-likeness (QED) is 0.310.